The zero-order chi connectivity index (χ0) is 17.9. The van der Waals surface area contributed by atoms with Crippen LogP contribution in [0.4, 0.5) is 17.5 Å². The fourth-order valence-corrected chi connectivity index (χ4v) is 3.09. The maximum absolute atomic E-state index is 11.4. The van der Waals surface area contributed by atoms with Gasteiger partial charge in [0.1, 0.15) is 0 Å². The number of Topliss-reactive ketones (excluding diaryl/α,β-unsaturated/α-hetero) is 1. The summed E-state index contributed by atoms with van der Waals surface area (Å²) in [7, 11) is 0. The molecule has 0 fully saturated rings. The monoisotopic (exact) mass is 345 g/mol. The quantitative estimate of drug-likeness (QED) is 0.731. The van der Waals surface area contributed by atoms with Crippen molar-refractivity contribution in [2.45, 2.75) is 19.9 Å². The number of ketones is 1. The SMILES string of the molecule is CC(=O)c1ccc(Nc2cnnc(N3CCc4ccccc4C3)n2)cc1. The fraction of sp³-hybridized carbons (Fsp3) is 0.200. The number of nitrogens with one attached hydrogen (secondary N) is 1. The summed E-state index contributed by atoms with van der Waals surface area (Å²) in [6, 6.07) is 15.8. The molecule has 0 spiro atoms. The standard InChI is InChI=1S/C20H19N5O/c1-14(26)15-6-8-18(9-7-15)22-19-12-21-24-20(23-19)25-11-10-16-4-2-3-5-17(16)13-25/h2-9,12H,10-11,13H2,1H3,(H,22,23,24). The largest absolute Gasteiger partial charge is 0.339 e. The number of carbonyl (C=O) groups excluding carboxylic acids is 1. The van der Waals surface area contributed by atoms with Crippen LogP contribution in [0.25, 0.3) is 0 Å². The van der Waals surface area contributed by atoms with Gasteiger partial charge in [-0.25, -0.2) is 0 Å². The molecule has 0 bridgehead atoms. The smallest absolute Gasteiger partial charge is 0.247 e. The number of hydrogen-bond acceptors (Lipinski definition) is 6. The molecule has 4 rings (SSSR count). The van der Waals surface area contributed by atoms with Gasteiger partial charge in [0.2, 0.25) is 5.95 Å². The molecule has 0 unspecified atom stereocenters. The molecule has 2 heterocycles. The van der Waals surface area contributed by atoms with E-state index in [0.717, 1.165) is 25.2 Å². The van der Waals surface area contributed by atoms with Crippen molar-refractivity contribution >= 4 is 23.2 Å². The lowest BCUT2D eigenvalue weighted by Crippen LogP contribution is -2.32. The molecule has 1 aliphatic rings. The van der Waals surface area contributed by atoms with Gasteiger partial charge in [-0.15, -0.1) is 5.10 Å². The van der Waals surface area contributed by atoms with E-state index in [1.807, 2.05) is 12.1 Å². The molecule has 0 amide bonds. The average Bonchev–Trinajstić information content (AvgIpc) is 2.68. The van der Waals surface area contributed by atoms with E-state index in [4.69, 9.17) is 0 Å². The van der Waals surface area contributed by atoms with Gasteiger partial charge >= 0.3 is 0 Å². The molecule has 1 aromatic heterocycles. The van der Waals surface area contributed by atoms with Crippen LogP contribution in [0, 0.1) is 0 Å². The first-order chi connectivity index (χ1) is 12.7. The predicted octanol–water partition coefficient (Wildman–Crippen LogP) is 3.38. The maximum Gasteiger partial charge on any atom is 0.247 e. The lowest BCUT2D eigenvalue weighted by Gasteiger charge is -2.28. The van der Waals surface area contributed by atoms with E-state index < -0.39 is 0 Å². The molecule has 0 aliphatic carbocycles. The average molecular weight is 345 g/mol. The molecular formula is C20H19N5O. The minimum Gasteiger partial charge on any atom is -0.339 e. The van der Waals surface area contributed by atoms with Crippen molar-refractivity contribution in [3.63, 3.8) is 0 Å². The first-order valence-corrected chi connectivity index (χ1v) is 8.58. The van der Waals surface area contributed by atoms with Crippen LogP contribution in [-0.4, -0.2) is 27.5 Å². The van der Waals surface area contributed by atoms with Gasteiger partial charge in [-0.2, -0.15) is 10.1 Å². The van der Waals surface area contributed by atoms with Crippen LogP contribution in [0.2, 0.25) is 0 Å². The molecule has 2 aromatic carbocycles. The molecule has 6 nitrogen and oxygen atoms in total. The van der Waals surface area contributed by atoms with Crippen LogP contribution in [0.3, 0.4) is 0 Å². The number of hydrogen-bond donors (Lipinski definition) is 1. The van der Waals surface area contributed by atoms with Crippen LogP contribution in [-0.2, 0) is 13.0 Å². The maximum atomic E-state index is 11.4. The Hall–Kier alpha value is -3.28. The number of benzene rings is 2. The lowest BCUT2D eigenvalue weighted by molar-refractivity contribution is 0.101. The number of nitrogens with zero attached hydrogens (tertiary/aromatic N) is 4. The Morgan fingerprint density at radius 1 is 1.08 bits per heavy atom. The third-order valence-corrected chi connectivity index (χ3v) is 4.52. The van der Waals surface area contributed by atoms with Gasteiger partial charge in [-0.3, -0.25) is 4.79 Å². The number of fused-ring (bicyclic) bond motifs is 1. The summed E-state index contributed by atoms with van der Waals surface area (Å²) in [5, 5.41) is 11.5. The van der Waals surface area contributed by atoms with E-state index in [1.54, 1.807) is 25.3 Å². The summed E-state index contributed by atoms with van der Waals surface area (Å²) >= 11 is 0. The highest BCUT2D eigenvalue weighted by molar-refractivity contribution is 5.94. The predicted molar refractivity (Wildman–Crippen MR) is 101 cm³/mol. The molecule has 130 valence electrons. The highest BCUT2D eigenvalue weighted by Crippen LogP contribution is 2.23. The summed E-state index contributed by atoms with van der Waals surface area (Å²) in [4.78, 5) is 18.1. The molecule has 0 radical (unpaired) electrons. The lowest BCUT2D eigenvalue weighted by atomic mass is 10.0. The second kappa shape index (κ2) is 6.92. The Kier molecular flexibility index (Phi) is 4.31. The normalized spacial score (nSPS) is 13.2. The Balaban J connectivity index is 1.51. The van der Waals surface area contributed by atoms with E-state index in [0.29, 0.717) is 17.3 Å². The first kappa shape index (κ1) is 16.2. The Morgan fingerprint density at radius 2 is 1.85 bits per heavy atom. The molecule has 3 aromatic rings. The van der Waals surface area contributed by atoms with E-state index in [1.165, 1.54) is 11.1 Å². The highest BCUT2D eigenvalue weighted by Gasteiger charge is 2.18. The fourth-order valence-electron chi connectivity index (χ4n) is 3.09. The van der Waals surface area contributed by atoms with Gasteiger partial charge in [0.15, 0.2) is 11.6 Å². The molecule has 1 N–H and O–H groups in total. The number of rotatable bonds is 4. The Morgan fingerprint density at radius 3 is 2.62 bits per heavy atom. The van der Waals surface area contributed by atoms with E-state index in [-0.39, 0.29) is 5.78 Å². The zero-order valence-corrected chi connectivity index (χ0v) is 14.5. The summed E-state index contributed by atoms with van der Waals surface area (Å²) in [5.74, 6) is 1.29. The second-order valence-electron chi connectivity index (χ2n) is 6.34. The molecule has 6 heteroatoms. The van der Waals surface area contributed by atoms with Gasteiger partial charge in [0, 0.05) is 24.3 Å². The number of aromatic nitrogens is 3. The van der Waals surface area contributed by atoms with Crippen molar-refractivity contribution in [3.8, 4) is 0 Å². The van der Waals surface area contributed by atoms with E-state index in [2.05, 4.69) is 49.7 Å². The van der Waals surface area contributed by atoms with Gasteiger partial charge in [0.05, 0.1) is 6.20 Å². The molecule has 26 heavy (non-hydrogen) atoms. The molecule has 1 aliphatic heterocycles. The molecular weight excluding hydrogens is 326 g/mol. The van der Waals surface area contributed by atoms with Crippen molar-refractivity contribution in [3.05, 3.63) is 71.4 Å². The topological polar surface area (TPSA) is 71.0 Å². The Bertz CT molecular complexity index is 939. The summed E-state index contributed by atoms with van der Waals surface area (Å²) in [6.07, 6.45) is 2.57. The summed E-state index contributed by atoms with van der Waals surface area (Å²) < 4.78 is 0. The summed E-state index contributed by atoms with van der Waals surface area (Å²) in [5.41, 5.74) is 4.23. The minimum absolute atomic E-state index is 0.0490. The molecule has 0 saturated heterocycles. The van der Waals surface area contributed by atoms with Gasteiger partial charge in [-0.05, 0) is 48.7 Å². The van der Waals surface area contributed by atoms with Crippen LogP contribution in [0.15, 0.2) is 54.7 Å². The van der Waals surface area contributed by atoms with Gasteiger partial charge < -0.3 is 10.2 Å². The van der Waals surface area contributed by atoms with Crippen molar-refractivity contribution in [2.75, 3.05) is 16.8 Å². The second-order valence-corrected chi connectivity index (χ2v) is 6.34. The van der Waals surface area contributed by atoms with E-state index >= 15 is 0 Å². The third kappa shape index (κ3) is 3.39. The van der Waals surface area contributed by atoms with Crippen molar-refractivity contribution in [1.82, 2.24) is 15.2 Å². The number of carbonyl (C=O) groups is 1. The first-order valence-electron chi connectivity index (χ1n) is 8.58. The third-order valence-electron chi connectivity index (χ3n) is 4.52. The zero-order valence-electron chi connectivity index (χ0n) is 14.5. The summed E-state index contributed by atoms with van der Waals surface area (Å²) in [6.45, 7) is 3.21. The van der Waals surface area contributed by atoms with Crippen molar-refractivity contribution < 1.29 is 4.79 Å². The van der Waals surface area contributed by atoms with Crippen molar-refractivity contribution in [1.29, 1.82) is 0 Å². The van der Waals surface area contributed by atoms with Crippen molar-refractivity contribution in [2.24, 2.45) is 0 Å². The van der Waals surface area contributed by atoms with Gasteiger partial charge in [-0.1, -0.05) is 24.3 Å². The van der Waals surface area contributed by atoms with E-state index in [9.17, 15) is 4.79 Å². The molecule has 0 atom stereocenters. The molecule has 0 saturated carbocycles. The number of anilines is 3. The van der Waals surface area contributed by atoms with Crippen LogP contribution in [0.1, 0.15) is 28.4 Å². The Labute approximate surface area is 151 Å². The highest BCUT2D eigenvalue weighted by atomic mass is 16.1. The van der Waals surface area contributed by atoms with Crippen LogP contribution in [0.5, 0.6) is 0 Å². The van der Waals surface area contributed by atoms with Gasteiger partial charge in [0.25, 0.3) is 0 Å². The van der Waals surface area contributed by atoms with Crippen LogP contribution < -0.4 is 10.2 Å². The van der Waals surface area contributed by atoms with Crippen LogP contribution >= 0.6 is 0 Å². The minimum atomic E-state index is 0.0490.